The van der Waals surface area contributed by atoms with Crippen LogP contribution in [0.25, 0.3) is 0 Å². The van der Waals surface area contributed by atoms with Gasteiger partial charge in [0.05, 0.1) is 12.7 Å². The molecule has 0 radical (unpaired) electrons. The van der Waals surface area contributed by atoms with Crippen LogP contribution in [0.2, 0.25) is 0 Å². The van der Waals surface area contributed by atoms with Crippen molar-refractivity contribution in [1.82, 2.24) is 0 Å². The molecule has 1 aromatic carbocycles. The summed E-state index contributed by atoms with van der Waals surface area (Å²) in [7, 11) is 1.61. The molecule has 2 rings (SSSR count). The number of hydrogen-bond acceptors (Lipinski definition) is 2. The third-order valence-corrected chi connectivity index (χ3v) is 2.91. The lowest BCUT2D eigenvalue weighted by atomic mass is 9.98. The summed E-state index contributed by atoms with van der Waals surface area (Å²) in [6, 6.07) is 3.90. The standard InChI is InChI=1S/C12H14O2/c1-7-4-5-10(14-3)12-9(13)6-8(2)11(7)12/h4-5,8H,6H2,1-3H3. The molecule has 1 aliphatic carbocycles. The Kier molecular flexibility index (Phi) is 2.06. The van der Waals surface area contributed by atoms with E-state index in [1.807, 2.05) is 19.1 Å². The van der Waals surface area contributed by atoms with Crippen molar-refractivity contribution in [2.75, 3.05) is 7.11 Å². The van der Waals surface area contributed by atoms with Crippen molar-refractivity contribution in [2.24, 2.45) is 0 Å². The summed E-state index contributed by atoms with van der Waals surface area (Å²) < 4.78 is 5.21. The highest BCUT2D eigenvalue weighted by molar-refractivity contribution is 6.04. The van der Waals surface area contributed by atoms with Gasteiger partial charge in [-0.2, -0.15) is 0 Å². The summed E-state index contributed by atoms with van der Waals surface area (Å²) in [6.45, 7) is 4.14. The van der Waals surface area contributed by atoms with E-state index >= 15 is 0 Å². The minimum atomic E-state index is 0.216. The number of methoxy groups -OCH3 is 1. The number of ketones is 1. The van der Waals surface area contributed by atoms with Crippen molar-refractivity contribution in [3.63, 3.8) is 0 Å². The monoisotopic (exact) mass is 190 g/mol. The van der Waals surface area contributed by atoms with Gasteiger partial charge in [0.1, 0.15) is 5.75 Å². The van der Waals surface area contributed by atoms with Crippen LogP contribution in [-0.2, 0) is 0 Å². The molecule has 2 heteroatoms. The SMILES string of the molecule is COc1ccc(C)c2c1C(=O)CC2C. The third kappa shape index (κ3) is 1.14. The number of carbonyl (C=O) groups excluding carboxylic acids is 1. The Hall–Kier alpha value is -1.31. The molecule has 1 atom stereocenters. The van der Waals surface area contributed by atoms with E-state index in [1.54, 1.807) is 7.11 Å². The fourth-order valence-corrected chi connectivity index (χ4v) is 2.28. The predicted octanol–water partition coefficient (Wildman–Crippen LogP) is 2.69. The van der Waals surface area contributed by atoms with Gasteiger partial charge in [-0.3, -0.25) is 4.79 Å². The van der Waals surface area contributed by atoms with Gasteiger partial charge in [-0.05, 0) is 30.0 Å². The zero-order valence-corrected chi connectivity index (χ0v) is 8.76. The second kappa shape index (κ2) is 3.12. The summed E-state index contributed by atoms with van der Waals surface area (Å²) in [4.78, 5) is 11.7. The second-order valence-electron chi connectivity index (χ2n) is 3.90. The lowest BCUT2D eigenvalue weighted by Gasteiger charge is -2.10. The van der Waals surface area contributed by atoms with Crippen molar-refractivity contribution < 1.29 is 9.53 Å². The van der Waals surface area contributed by atoms with Crippen LogP contribution < -0.4 is 4.74 Å². The van der Waals surface area contributed by atoms with Gasteiger partial charge in [-0.1, -0.05) is 13.0 Å². The number of carbonyl (C=O) groups is 1. The number of fused-ring (bicyclic) bond motifs is 1. The summed E-state index contributed by atoms with van der Waals surface area (Å²) in [6.07, 6.45) is 0.622. The van der Waals surface area contributed by atoms with Crippen LogP contribution in [0.1, 0.15) is 40.7 Å². The lowest BCUT2D eigenvalue weighted by Crippen LogP contribution is -1.98. The molecule has 0 aliphatic heterocycles. The molecule has 1 aliphatic rings. The number of Topliss-reactive ketones (excluding diaryl/α,β-unsaturated/α-hetero) is 1. The molecule has 1 unspecified atom stereocenters. The van der Waals surface area contributed by atoms with Crippen LogP contribution in [0.5, 0.6) is 5.75 Å². The maximum absolute atomic E-state index is 11.7. The molecule has 1 aromatic rings. The summed E-state index contributed by atoms with van der Waals surface area (Å²) >= 11 is 0. The summed E-state index contributed by atoms with van der Waals surface area (Å²) in [5.74, 6) is 1.28. The van der Waals surface area contributed by atoms with E-state index in [-0.39, 0.29) is 5.78 Å². The molecule has 0 spiro atoms. The molecule has 74 valence electrons. The quantitative estimate of drug-likeness (QED) is 0.680. The van der Waals surface area contributed by atoms with E-state index in [1.165, 1.54) is 11.1 Å². The third-order valence-electron chi connectivity index (χ3n) is 2.91. The van der Waals surface area contributed by atoms with E-state index < -0.39 is 0 Å². The maximum atomic E-state index is 11.7. The van der Waals surface area contributed by atoms with Gasteiger partial charge in [-0.15, -0.1) is 0 Å². The largest absolute Gasteiger partial charge is 0.496 e. The van der Waals surface area contributed by atoms with Crippen molar-refractivity contribution in [3.05, 3.63) is 28.8 Å². The number of benzene rings is 1. The number of ether oxygens (including phenoxy) is 1. The van der Waals surface area contributed by atoms with Crippen LogP contribution in [0, 0.1) is 6.92 Å². The van der Waals surface area contributed by atoms with Crippen molar-refractivity contribution in [1.29, 1.82) is 0 Å². The zero-order chi connectivity index (χ0) is 10.3. The van der Waals surface area contributed by atoms with Crippen LogP contribution in [0.3, 0.4) is 0 Å². The average Bonchev–Trinajstić information content (AvgIpc) is 2.44. The maximum Gasteiger partial charge on any atom is 0.167 e. The molecule has 0 heterocycles. The first-order valence-electron chi connectivity index (χ1n) is 4.86. The Bertz CT molecular complexity index is 394. The van der Waals surface area contributed by atoms with E-state index in [0.29, 0.717) is 12.3 Å². The van der Waals surface area contributed by atoms with Crippen molar-refractivity contribution >= 4 is 5.78 Å². The first kappa shape index (κ1) is 9.25. The Morgan fingerprint density at radius 2 is 2.14 bits per heavy atom. The topological polar surface area (TPSA) is 26.3 Å². The molecule has 2 nitrogen and oxygen atoms in total. The minimum Gasteiger partial charge on any atom is -0.496 e. The molecular formula is C12H14O2. The number of hydrogen-bond donors (Lipinski definition) is 0. The fraction of sp³-hybridized carbons (Fsp3) is 0.417. The highest BCUT2D eigenvalue weighted by atomic mass is 16.5. The van der Waals surface area contributed by atoms with Crippen molar-refractivity contribution in [2.45, 2.75) is 26.2 Å². The van der Waals surface area contributed by atoms with Gasteiger partial charge in [-0.25, -0.2) is 0 Å². The minimum absolute atomic E-state index is 0.216. The van der Waals surface area contributed by atoms with Crippen LogP contribution in [0.4, 0.5) is 0 Å². The molecule has 0 fully saturated rings. The summed E-state index contributed by atoms with van der Waals surface area (Å²) in [5.41, 5.74) is 3.17. The first-order valence-corrected chi connectivity index (χ1v) is 4.86. The molecular weight excluding hydrogens is 176 g/mol. The normalized spacial score (nSPS) is 19.6. The molecule has 0 saturated heterocycles. The zero-order valence-electron chi connectivity index (χ0n) is 8.76. The predicted molar refractivity (Wildman–Crippen MR) is 55.1 cm³/mol. The van der Waals surface area contributed by atoms with E-state index in [0.717, 1.165) is 11.3 Å². The Balaban J connectivity index is 2.69. The van der Waals surface area contributed by atoms with Crippen LogP contribution in [0.15, 0.2) is 12.1 Å². The van der Waals surface area contributed by atoms with Gasteiger partial charge in [0.2, 0.25) is 0 Å². The smallest absolute Gasteiger partial charge is 0.167 e. The van der Waals surface area contributed by atoms with Gasteiger partial charge in [0, 0.05) is 6.42 Å². The average molecular weight is 190 g/mol. The van der Waals surface area contributed by atoms with E-state index in [4.69, 9.17) is 4.74 Å². The molecule has 14 heavy (non-hydrogen) atoms. The summed E-state index contributed by atoms with van der Waals surface area (Å²) in [5, 5.41) is 0. The Labute approximate surface area is 83.9 Å². The van der Waals surface area contributed by atoms with E-state index in [9.17, 15) is 4.79 Å². The van der Waals surface area contributed by atoms with Crippen LogP contribution >= 0.6 is 0 Å². The van der Waals surface area contributed by atoms with Crippen LogP contribution in [-0.4, -0.2) is 12.9 Å². The second-order valence-corrected chi connectivity index (χ2v) is 3.90. The van der Waals surface area contributed by atoms with Gasteiger partial charge >= 0.3 is 0 Å². The Morgan fingerprint density at radius 1 is 1.43 bits per heavy atom. The number of aryl methyl sites for hydroxylation is 1. The molecule has 0 amide bonds. The van der Waals surface area contributed by atoms with E-state index in [2.05, 4.69) is 6.92 Å². The van der Waals surface area contributed by atoms with Gasteiger partial charge in [0.25, 0.3) is 0 Å². The van der Waals surface area contributed by atoms with Gasteiger partial charge < -0.3 is 4.74 Å². The molecule has 0 aromatic heterocycles. The highest BCUT2D eigenvalue weighted by Gasteiger charge is 2.30. The highest BCUT2D eigenvalue weighted by Crippen LogP contribution is 2.39. The molecule has 0 saturated carbocycles. The molecule has 0 N–H and O–H groups in total. The fourth-order valence-electron chi connectivity index (χ4n) is 2.28. The molecule has 0 bridgehead atoms. The Morgan fingerprint density at radius 3 is 2.79 bits per heavy atom. The lowest BCUT2D eigenvalue weighted by molar-refractivity contribution is 0.0987. The number of rotatable bonds is 1. The van der Waals surface area contributed by atoms with Crippen molar-refractivity contribution in [3.8, 4) is 5.75 Å². The first-order chi connectivity index (χ1) is 6.65. The van der Waals surface area contributed by atoms with Gasteiger partial charge in [0.15, 0.2) is 5.78 Å².